The zero-order chi connectivity index (χ0) is 4.50. The summed E-state index contributed by atoms with van der Waals surface area (Å²) in [4.78, 5) is 0. The summed E-state index contributed by atoms with van der Waals surface area (Å²) in [5.41, 5.74) is 0. The molecule has 0 aromatic heterocycles. The summed E-state index contributed by atoms with van der Waals surface area (Å²) in [6.45, 7) is 0. The smallest absolute Gasteiger partial charge is 0.775 e. The van der Waals surface area contributed by atoms with Crippen LogP contribution in [-0.4, -0.2) is 13.3 Å². The second kappa shape index (κ2) is 7.25. The minimum atomic E-state index is -4.67. The van der Waals surface area contributed by atoms with E-state index in [0.717, 1.165) is 0 Å². The van der Waals surface area contributed by atoms with Gasteiger partial charge < -0.3 is 9.11 Å². The van der Waals surface area contributed by atoms with E-state index in [1.807, 2.05) is 0 Å². The maximum atomic E-state index is 8.74. The van der Waals surface area contributed by atoms with E-state index in [2.05, 4.69) is 0 Å². The molecule has 0 amide bonds. The Morgan fingerprint density at radius 1 is 1.29 bits per heavy atom. The van der Waals surface area contributed by atoms with Crippen LogP contribution in [0.3, 0.4) is 0 Å². The molecule has 0 spiro atoms. The van der Waals surface area contributed by atoms with Crippen LogP contribution in [0.4, 0.5) is 0 Å². The molecule has 0 radical (unpaired) electrons. The first-order valence-corrected chi connectivity index (χ1v) is 2.11. The van der Waals surface area contributed by atoms with E-state index in [1.165, 1.54) is 0 Å². The standard InChI is InChI=1S/2K.H3NO3S/c;;1-5(2,3)4/h;;(H3,1,2,3,4)/q2*+1;/p-2. The van der Waals surface area contributed by atoms with Crippen LogP contribution in [0.5, 0.6) is 0 Å². The van der Waals surface area contributed by atoms with Crippen LogP contribution in [0, 0.1) is 4.78 Å². The first-order chi connectivity index (χ1) is 2.00. The molecular weight excluding hydrogens is 172 g/mol. The van der Waals surface area contributed by atoms with Crippen LogP contribution < -0.4 is 103 Å². The van der Waals surface area contributed by atoms with Gasteiger partial charge in [0.15, 0.2) is 0 Å². The van der Waals surface area contributed by atoms with Gasteiger partial charge in [0.1, 0.15) is 0 Å². The molecule has 4 nitrogen and oxygen atoms in total. The molecule has 0 bridgehead atoms. The number of nitrogens with one attached hydrogen (secondary N) is 1. The first-order valence-electron chi connectivity index (χ1n) is 0.704. The van der Waals surface area contributed by atoms with Gasteiger partial charge in [0.2, 0.25) is 0 Å². The second-order valence-electron chi connectivity index (χ2n) is 0.454. The van der Waals surface area contributed by atoms with E-state index in [0.29, 0.717) is 0 Å². The fourth-order valence-corrected chi connectivity index (χ4v) is 0. The molecule has 0 aliphatic rings. The average Bonchev–Trinajstić information content (AvgIpc) is 0.722. The van der Waals surface area contributed by atoms with Crippen LogP contribution in [-0.2, 0) is 10.3 Å². The fourth-order valence-electron chi connectivity index (χ4n) is 0. The SMILES string of the molecule is N=S(=O)([O-])[O-].[K+].[K+]. The Labute approximate surface area is 127 Å². The third-order valence-electron chi connectivity index (χ3n) is 0. The van der Waals surface area contributed by atoms with Crippen molar-refractivity contribution in [1.29, 1.82) is 4.78 Å². The van der Waals surface area contributed by atoms with Gasteiger partial charge >= 0.3 is 103 Å². The van der Waals surface area contributed by atoms with E-state index in [9.17, 15) is 0 Å². The molecule has 1 N–H and O–H groups in total. The maximum Gasteiger partial charge on any atom is 1.00 e. The molecule has 0 aliphatic carbocycles. The van der Waals surface area contributed by atoms with Crippen molar-refractivity contribution in [3.8, 4) is 0 Å². The van der Waals surface area contributed by atoms with Gasteiger partial charge in [-0.1, -0.05) is 10.3 Å². The summed E-state index contributed by atoms with van der Waals surface area (Å²) in [5, 5.41) is 0. The Kier molecular flexibility index (Phi) is 17.2. The summed E-state index contributed by atoms with van der Waals surface area (Å²) in [5.74, 6) is 0. The maximum absolute atomic E-state index is 8.74. The van der Waals surface area contributed by atoms with Gasteiger partial charge in [0.05, 0.1) is 0 Å². The van der Waals surface area contributed by atoms with E-state index < -0.39 is 10.3 Å². The van der Waals surface area contributed by atoms with Crippen molar-refractivity contribution in [2.24, 2.45) is 0 Å². The van der Waals surface area contributed by atoms with Crippen LogP contribution in [0.15, 0.2) is 0 Å². The Morgan fingerprint density at radius 2 is 1.29 bits per heavy atom. The quantitative estimate of drug-likeness (QED) is 0.369. The predicted octanol–water partition coefficient (Wildman–Crippen LogP) is -6.70. The zero-order valence-electron chi connectivity index (χ0n) is 4.13. The van der Waals surface area contributed by atoms with Gasteiger partial charge in [-0.3, -0.25) is 8.99 Å². The molecule has 0 unspecified atom stereocenters. The van der Waals surface area contributed by atoms with Crippen molar-refractivity contribution >= 4 is 10.3 Å². The Balaban J connectivity index is -0.0000000800. The van der Waals surface area contributed by atoms with Gasteiger partial charge in [0.25, 0.3) is 0 Å². The fraction of sp³-hybridized carbons (Fsp3) is 0. The predicted molar refractivity (Wildman–Crippen MR) is 12.4 cm³/mol. The summed E-state index contributed by atoms with van der Waals surface area (Å²) in [6, 6.07) is 0. The summed E-state index contributed by atoms with van der Waals surface area (Å²) in [7, 11) is -4.67. The van der Waals surface area contributed by atoms with Gasteiger partial charge in [-0.15, -0.1) is 0 Å². The Morgan fingerprint density at radius 3 is 1.29 bits per heavy atom. The normalized spacial score (nSPS) is 8.29. The van der Waals surface area contributed by atoms with Crippen LogP contribution >= 0.6 is 0 Å². The van der Waals surface area contributed by atoms with Crippen molar-refractivity contribution in [3.05, 3.63) is 0 Å². The monoisotopic (exact) mass is 173 g/mol. The van der Waals surface area contributed by atoms with E-state index in [-0.39, 0.29) is 103 Å². The molecule has 0 aliphatic heterocycles. The summed E-state index contributed by atoms with van der Waals surface area (Å²) in [6.07, 6.45) is 0. The van der Waals surface area contributed by atoms with E-state index >= 15 is 0 Å². The number of hydrogen-bond acceptors (Lipinski definition) is 4. The van der Waals surface area contributed by atoms with Gasteiger partial charge in [0, 0.05) is 0 Å². The average molecular weight is 173 g/mol. The first kappa shape index (κ1) is 16.6. The van der Waals surface area contributed by atoms with Gasteiger partial charge in [-0.2, -0.15) is 0 Å². The molecular formula is HK2NO3S. The van der Waals surface area contributed by atoms with E-state index in [1.54, 1.807) is 0 Å². The Bertz CT molecular complexity index is 96.1. The van der Waals surface area contributed by atoms with Crippen LogP contribution in [0.1, 0.15) is 0 Å². The van der Waals surface area contributed by atoms with Crippen molar-refractivity contribution < 1.29 is 116 Å². The molecule has 0 aromatic rings. The molecule has 32 valence electrons. The molecule has 0 aromatic carbocycles. The number of rotatable bonds is 0. The van der Waals surface area contributed by atoms with Crippen molar-refractivity contribution in [2.45, 2.75) is 0 Å². The molecule has 0 heterocycles. The van der Waals surface area contributed by atoms with Gasteiger partial charge in [-0.25, -0.2) is 0 Å². The van der Waals surface area contributed by atoms with E-state index in [4.69, 9.17) is 18.1 Å². The largest absolute Gasteiger partial charge is 1.00 e. The van der Waals surface area contributed by atoms with Crippen LogP contribution in [0.25, 0.3) is 0 Å². The third kappa shape index (κ3) is 47.2. The third-order valence-corrected chi connectivity index (χ3v) is 0. The van der Waals surface area contributed by atoms with Crippen molar-refractivity contribution in [2.75, 3.05) is 0 Å². The molecule has 0 rings (SSSR count). The molecule has 0 fully saturated rings. The van der Waals surface area contributed by atoms with Crippen LogP contribution in [0.2, 0.25) is 0 Å². The molecule has 7 heteroatoms. The summed E-state index contributed by atoms with van der Waals surface area (Å²) >= 11 is 0. The van der Waals surface area contributed by atoms with Crippen molar-refractivity contribution in [3.63, 3.8) is 0 Å². The van der Waals surface area contributed by atoms with Gasteiger partial charge in [-0.05, 0) is 0 Å². The minimum Gasteiger partial charge on any atom is -0.775 e. The molecule has 0 saturated heterocycles. The molecule has 0 saturated carbocycles. The zero-order valence-corrected chi connectivity index (χ0v) is 11.2. The van der Waals surface area contributed by atoms with Crippen molar-refractivity contribution in [1.82, 2.24) is 0 Å². The molecule has 7 heavy (non-hydrogen) atoms. The molecule has 0 atom stereocenters. The Hall–Kier alpha value is 3.14. The number of hydrogen-bond donors (Lipinski definition) is 1. The minimum absolute atomic E-state index is 0. The topological polar surface area (TPSA) is 87.0 Å². The second-order valence-corrected chi connectivity index (χ2v) is 1.36. The summed E-state index contributed by atoms with van der Waals surface area (Å²) < 4.78 is 31.6.